The number of ether oxygens (including phenoxy) is 2. The van der Waals surface area contributed by atoms with Crippen LogP contribution in [0.3, 0.4) is 0 Å². The van der Waals surface area contributed by atoms with Gasteiger partial charge in [0.05, 0.1) is 24.9 Å². The summed E-state index contributed by atoms with van der Waals surface area (Å²) in [5, 5.41) is 19.0. The summed E-state index contributed by atoms with van der Waals surface area (Å²) >= 11 is 0. The van der Waals surface area contributed by atoms with E-state index >= 15 is 0 Å². The minimum absolute atomic E-state index is 0.0885. The van der Waals surface area contributed by atoms with E-state index in [2.05, 4.69) is 4.90 Å². The Kier molecular flexibility index (Phi) is 3.13. The summed E-state index contributed by atoms with van der Waals surface area (Å²) in [7, 11) is 0. The molecule has 0 bridgehead atoms. The summed E-state index contributed by atoms with van der Waals surface area (Å²) in [6, 6.07) is 0. The average molecular weight is 243 g/mol. The van der Waals surface area contributed by atoms with Crippen LogP contribution in [0.15, 0.2) is 0 Å². The van der Waals surface area contributed by atoms with Gasteiger partial charge in [0, 0.05) is 32.5 Å². The lowest BCUT2D eigenvalue weighted by Gasteiger charge is -2.23. The van der Waals surface area contributed by atoms with Crippen molar-refractivity contribution in [3.63, 3.8) is 0 Å². The lowest BCUT2D eigenvalue weighted by molar-refractivity contribution is -0.163. The van der Waals surface area contributed by atoms with Gasteiger partial charge in [-0.05, 0) is 12.8 Å². The maximum atomic E-state index is 9.48. The van der Waals surface area contributed by atoms with Gasteiger partial charge in [0.2, 0.25) is 0 Å². The van der Waals surface area contributed by atoms with Crippen molar-refractivity contribution in [3.05, 3.63) is 0 Å². The number of aliphatic hydroxyl groups is 2. The fourth-order valence-corrected chi connectivity index (χ4v) is 3.17. The molecule has 0 radical (unpaired) electrons. The fraction of sp³-hybridized carbons (Fsp3) is 1.00. The molecule has 2 aliphatic heterocycles. The highest BCUT2D eigenvalue weighted by molar-refractivity contribution is 4.88. The molecule has 0 aromatic rings. The van der Waals surface area contributed by atoms with E-state index in [1.54, 1.807) is 0 Å². The van der Waals surface area contributed by atoms with Gasteiger partial charge >= 0.3 is 0 Å². The first-order chi connectivity index (χ1) is 8.17. The first-order valence-corrected chi connectivity index (χ1v) is 6.57. The number of nitrogens with zero attached hydrogens (tertiary/aromatic N) is 1. The normalized spacial score (nSPS) is 41.6. The molecule has 98 valence electrons. The molecule has 3 aliphatic rings. The van der Waals surface area contributed by atoms with E-state index < -0.39 is 12.2 Å². The Hall–Kier alpha value is -0.200. The van der Waals surface area contributed by atoms with Crippen molar-refractivity contribution >= 4 is 0 Å². The van der Waals surface area contributed by atoms with Crippen LogP contribution < -0.4 is 0 Å². The zero-order valence-corrected chi connectivity index (χ0v) is 10.0. The lowest BCUT2D eigenvalue weighted by atomic mass is 10.2. The predicted octanol–water partition coefficient (Wildman–Crippen LogP) is -0.291. The molecule has 1 saturated carbocycles. The molecule has 1 spiro atoms. The van der Waals surface area contributed by atoms with Gasteiger partial charge in [0.15, 0.2) is 5.79 Å². The second kappa shape index (κ2) is 4.48. The molecule has 0 aromatic carbocycles. The summed E-state index contributed by atoms with van der Waals surface area (Å²) in [5.74, 6) is -0.304. The Morgan fingerprint density at radius 3 is 2.41 bits per heavy atom. The van der Waals surface area contributed by atoms with Crippen molar-refractivity contribution in [2.24, 2.45) is 0 Å². The van der Waals surface area contributed by atoms with E-state index in [0.29, 0.717) is 19.7 Å². The molecule has 1 aliphatic carbocycles. The number of hydrogen-bond donors (Lipinski definition) is 2. The van der Waals surface area contributed by atoms with Crippen LogP contribution in [0.4, 0.5) is 0 Å². The molecule has 5 nitrogen and oxygen atoms in total. The molecule has 0 amide bonds. The molecule has 5 heteroatoms. The van der Waals surface area contributed by atoms with E-state index in [4.69, 9.17) is 9.47 Å². The Morgan fingerprint density at radius 1 is 1.12 bits per heavy atom. The smallest absolute Gasteiger partial charge is 0.168 e. The van der Waals surface area contributed by atoms with Crippen molar-refractivity contribution in [2.45, 2.75) is 49.8 Å². The van der Waals surface area contributed by atoms with Gasteiger partial charge in [-0.1, -0.05) is 0 Å². The summed E-state index contributed by atoms with van der Waals surface area (Å²) in [5.41, 5.74) is 0. The molecule has 2 saturated heterocycles. The first-order valence-electron chi connectivity index (χ1n) is 6.57. The van der Waals surface area contributed by atoms with E-state index in [0.717, 1.165) is 19.4 Å². The van der Waals surface area contributed by atoms with Gasteiger partial charge in [-0.15, -0.1) is 0 Å². The third-order valence-electron chi connectivity index (χ3n) is 4.08. The molecule has 3 fully saturated rings. The zero-order chi connectivity index (χ0) is 11.9. The Morgan fingerprint density at radius 2 is 1.76 bits per heavy atom. The van der Waals surface area contributed by atoms with Gasteiger partial charge in [0.1, 0.15) is 0 Å². The molecular weight excluding hydrogens is 222 g/mol. The van der Waals surface area contributed by atoms with Gasteiger partial charge in [-0.3, -0.25) is 4.90 Å². The Labute approximate surface area is 101 Å². The standard InChI is InChI=1S/C12H21NO4/c14-10-6-13(7-11(10)15)5-9-8-16-12(17-9)3-1-2-4-12/h9-11,14-15H,1-8H2. The van der Waals surface area contributed by atoms with Gasteiger partial charge < -0.3 is 19.7 Å². The summed E-state index contributed by atoms with van der Waals surface area (Å²) in [4.78, 5) is 2.05. The highest BCUT2D eigenvalue weighted by Gasteiger charge is 2.44. The minimum Gasteiger partial charge on any atom is -0.389 e. The zero-order valence-electron chi connectivity index (χ0n) is 10.0. The highest BCUT2D eigenvalue weighted by atomic mass is 16.7. The molecular formula is C12H21NO4. The van der Waals surface area contributed by atoms with E-state index in [1.165, 1.54) is 12.8 Å². The second-order valence-corrected chi connectivity index (χ2v) is 5.52. The first kappa shape index (κ1) is 11.9. The summed E-state index contributed by atoms with van der Waals surface area (Å²) in [6.07, 6.45) is 3.26. The van der Waals surface area contributed by atoms with Crippen LogP contribution in [0.5, 0.6) is 0 Å². The number of rotatable bonds is 2. The van der Waals surface area contributed by atoms with E-state index in [1.807, 2.05) is 0 Å². The quantitative estimate of drug-likeness (QED) is 0.698. The maximum Gasteiger partial charge on any atom is 0.168 e. The number of hydrogen-bond acceptors (Lipinski definition) is 5. The molecule has 17 heavy (non-hydrogen) atoms. The lowest BCUT2D eigenvalue weighted by Crippen LogP contribution is -2.34. The van der Waals surface area contributed by atoms with Crippen LogP contribution >= 0.6 is 0 Å². The molecule has 3 unspecified atom stereocenters. The predicted molar refractivity (Wildman–Crippen MR) is 60.5 cm³/mol. The molecule has 0 aromatic heterocycles. The van der Waals surface area contributed by atoms with Crippen molar-refractivity contribution in [2.75, 3.05) is 26.2 Å². The minimum atomic E-state index is -0.613. The summed E-state index contributed by atoms with van der Waals surface area (Å²) in [6.45, 7) is 2.46. The van der Waals surface area contributed by atoms with Crippen molar-refractivity contribution in [1.82, 2.24) is 4.90 Å². The van der Waals surface area contributed by atoms with Gasteiger partial charge in [-0.2, -0.15) is 0 Å². The topological polar surface area (TPSA) is 62.2 Å². The fourth-order valence-electron chi connectivity index (χ4n) is 3.17. The largest absolute Gasteiger partial charge is 0.389 e. The molecule has 3 rings (SSSR count). The van der Waals surface area contributed by atoms with Crippen LogP contribution in [0.1, 0.15) is 25.7 Å². The maximum absolute atomic E-state index is 9.48. The van der Waals surface area contributed by atoms with Gasteiger partial charge in [-0.25, -0.2) is 0 Å². The number of aliphatic hydroxyl groups excluding tert-OH is 2. The van der Waals surface area contributed by atoms with Crippen LogP contribution in [0, 0.1) is 0 Å². The molecule has 2 heterocycles. The SMILES string of the molecule is OC1CN(CC2COC3(CCCC3)O2)CC1O. The van der Waals surface area contributed by atoms with Crippen LogP contribution in [0.2, 0.25) is 0 Å². The molecule has 2 N–H and O–H groups in total. The third kappa shape index (κ3) is 2.35. The third-order valence-corrected chi connectivity index (χ3v) is 4.08. The average Bonchev–Trinajstić information content (AvgIpc) is 2.96. The van der Waals surface area contributed by atoms with Crippen LogP contribution in [-0.2, 0) is 9.47 Å². The van der Waals surface area contributed by atoms with Crippen LogP contribution in [-0.4, -0.2) is 65.5 Å². The van der Waals surface area contributed by atoms with E-state index in [9.17, 15) is 10.2 Å². The number of β-amino-alcohol motifs (C(OH)–C–C–N with tert-alkyl or cyclic N) is 2. The highest BCUT2D eigenvalue weighted by Crippen LogP contribution is 2.39. The number of likely N-dealkylation sites (tertiary alicyclic amines) is 1. The van der Waals surface area contributed by atoms with Crippen LogP contribution in [0.25, 0.3) is 0 Å². The van der Waals surface area contributed by atoms with Crippen molar-refractivity contribution < 1.29 is 19.7 Å². The van der Waals surface area contributed by atoms with Crippen molar-refractivity contribution in [3.8, 4) is 0 Å². The van der Waals surface area contributed by atoms with Crippen molar-refractivity contribution in [1.29, 1.82) is 0 Å². The van der Waals surface area contributed by atoms with E-state index in [-0.39, 0.29) is 11.9 Å². The Balaban J connectivity index is 1.51. The summed E-state index contributed by atoms with van der Waals surface area (Å²) < 4.78 is 11.8. The van der Waals surface area contributed by atoms with Gasteiger partial charge in [0.25, 0.3) is 0 Å². The Bertz CT molecular complexity index is 270. The second-order valence-electron chi connectivity index (χ2n) is 5.52. The monoisotopic (exact) mass is 243 g/mol. The molecule has 3 atom stereocenters.